The molecule has 0 spiro atoms. The maximum atomic E-state index is 11.8. The molecule has 1 saturated carbocycles. The molecule has 2 heterocycles. The van der Waals surface area contributed by atoms with Gasteiger partial charge in [-0.05, 0) is 64.2 Å². The molecule has 23 nitrogen and oxygen atoms in total. The Bertz CT molecular complexity index is 1260. The topological polar surface area (TPSA) is 343 Å². The largest absolute Gasteiger partial charge is 0.396 e. The average molecular weight is 986 g/mol. The average Bonchev–Trinajstić information content (AvgIpc) is 3.29. The highest BCUT2D eigenvalue weighted by molar-refractivity contribution is 5.74. The van der Waals surface area contributed by atoms with Crippen LogP contribution >= 0.6 is 0 Å². The molecule has 3 amide bonds. The molecule has 1 aliphatic carbocycles. The first-order valence-electron chi connectivity index (χ1n) is 24.1. The van der Waals surface area contributed by atoms with Crippen LogP contribution in [0.2, 0.25) is 0 Å². The van der Waals surface area contributed by atoms with Crippen LogP contribution in [0.5, 0.6) is 0 Å². The number of nitrogens with one attached hydrogen (secondary N) is 3. The molecule has 0 radical (unpaired) electrons. The Morgan fingerprint density at radius 1 is 0.485 bits per heavy atom. The van der Waals surface area contributed by atoms with Crippen molar-refractivity contribution in [2.45, 2.75) is 178 Å². The van der Waals surface area contributed by atoms with E-state index in [2.05, 4.69) is 16.0 Å². The van der Waals surface area contributed by atoms with Crippen molar-refractivity contribution in [3.8, 4) is 0 Å². The Balaban J connectivity index is 1.42. The molecule has 3 aliphatic rings. The smallest absolute Gasteiger partial charge is 0.217 e. The van der Waals surface area contributed by atoms with Crippen molar-refractivity contribution in [3.05, 3.63) is 0 Å². The number of unbranched alkanes of at least 4 members (excludes halogenated alkanes) is 6. The van der Waals surface area contributed by atoms with E-state index in [9.17, 15) is 60.3 Å². The summed E-state index contributed by atoms with van der Waals surface area (Å²) in [5, 5.41) is 98.9. The van der Waals surface area contributed by atoms with E-state index in [0.717, 1.165) is 25.7 Å². The number of carbonyl (C=O) groups excluding carboxylic acids is 3. The number of aliphatic hydroxyl groups is 9. The van der Waals surface area contributed by atoms with E-state index in [-0.39, 0.29) is 25.7 Å². The first kappa shape index (κ1) is 60.0. The molecule has 15 atom stereocenters. The fourth-order valence-electron chi connectivity index (χ4n) is 8.45. The maximum Gasteiger partial charge on any atom is 0.217 e. The molecule has 68 heavy (non-hydrogen) atoms. The molecule has 3 fully saturated rings. The molecule has 12 N–H and O–H groups in total. The van der Waals surface area contributed by atoms with Crippen LogP contribution in [0.3, 0.4) is 0 Å². The standard InChI is InChI=1S/C45H83N3O20/c1-27(52)46-34-31(20-30(21-49)37(55)40(34)58)64-17-11-5-8-14-61-24-45(4,25-62-15-9-6-12-18-65-43-35(47-28(2)53)41(59)38(56)32(22-50)67-43)26-63-16-10-7-13-19-66-44-36(48-29(3)54)42(60)39(57)33(23-51)68-44/h30-44,49-51,55-60H,5-26H2,1-4H3,(H,46,52)(H,47,53)(H,48,54)/t30?,31-,32?,33?,34?,35?,36?,37+,38+,39+,40-,41-,42-,43-,44-,45?/m1/s1. The number of rotatable bonds is 33. The zero-order valence-corrected chi connectivity index (χ0v) is 40.2. The Kier molecular flexibility index (Phi) is 28.2. The van der Waals surface area contributed by atoms with Gasteiger partial charge in [0.1, 0.15) is 54.8 Å². The molecule has 0 aromatic heterocycles. The van der Waals surface area contributed by atoms with Gasteiger partial charge in [-0.2, -0.15) is 0 Å². The molecular weight excluding hydrogens is 902 g/mol. The molecule has 398 valence electrons. The third-order valence-electron chi connectivity index (χ3n) is 12.3. The van der Waals surface area contributed by atoms with Crippen molar-refractivity contribution in [3.63, 3.8) is 0 Å². The molecule has 0 bridgehead atoms. The minimum absolute atomic E-state index is 0.234. The summed E-state index contributed by atoms with van der Waals surface area (Å²) in [6, 6.07) is -2.81. The van der Waals surface area contributed by atoms with Crippen LogP contribution in [-0.4, -0.2) is 229 Å². The predicted octanol–water partition coefficient (Wildman–Crippen LogP) is -2.90. The van der Waals surface area contributed by atoms with Crippen LogP contribution in [0.4, 0.5) is 0 Å². The van der Waals surface area contributed by atoms with Gasteiger partial charge in [0.15, 0.2) is 12.6 Å². The van der Waals surface area contributed by atoms with E-state index in [1.54, 1.807) is 0 Å². The second-order valence-corrected chi connectivity index (χ2v) is 18.6. The van der Waals surface area contributed by atoms with Crippen molar-refractivity contribution in [1.82, 2.24) is 16.0 Å². The van der Waals surface area contributed by atoms with Gasteiger partial charge in [0.2, 0.25) is 17.7 Å². The second kappa shape index (κ2) is 31.9. The predicted molar refractivity (Wildman–Crippen MR) is 239 cm³/mol. The maximum absolute atomic E-state index is 11.8. The summed E-state index contributed by atoms with van der Waals surface area (Å²) in [7, 11) is 0. The minimum Gasteiger partial charge on any atom is -0.396 e. The van der Waals surface area contributed by atoms with Gasteiger partial charge in [0.25, 0.3) is 0 Å². The molecule has 23 heteroatoms. The fraction of sp³-hybridized carbons (Fsp3) is 0.933. The van der Waals surface area contributed by atoms with Gasteiger partial charge >= 0.3 is 0 Å². The summed E-state index contributed by atoms with van der Waals surface area (Å²) in [6.07, 6.45) is -6.23. The van der Waals surface area contributed by atoms with Crippen LogP contribution in [-0.2, 0) is 52.3 Å². The van der Waals surface area contributed by atoms with Gasteiger partial charge < -0.3 is 99.8 Å². The van der Waals surface area contributed by atoms with E-state index >= 15 is 0 Å². The Hall–Kier alpha value is -2.27. The SMILES string of the molecule is CC(=O)NC1[C@H](OCCCCCOCC(C)(COCCCCCO[C@@H]2OC(CO)[C@H](O)[C@H](O)C2NC(C)=O)COCCCCCO[C@@H]2CC(CO)[C@H](O)[C@H](O)C2NC(C)=O)OC(CO)[C@H](O)[C@@H]1O. The van der Waals surface area contributed by atoms with Gasteiger partial charge in [-0.15, -0.1) is 0 Å². The lowest BCUT2D eigenvalue weighted by atomic mass is 9.79. The van der Waals surface area contributed by atoms with Gasteiger partial charge in [-0.3, -0.25) is 14.4 Å². The molecular formula is C45H83N3O20. The number of aliphatic hydroxyl groups excluding tert-OH is 9. The molecule has 0 aromatic carbocycles. The monoisotopic (exact) mass is 986 g/mol. The van der Waals surface area contributed by atoms with E-state index in [1.165, 1.54) is 20.8 Å². The van der Waals surface area contributed by atoms with Gasteiger partial charge in [-0.25, -0.2) is 0 Å². The van der Waals surface area contributed by atoms with Crippen molar-refractivity contribution in [2.75, 3.05) is 79.3 Å². The highest BCUT2D eigenvalue weighted by atomic mass is 16.7. The zero-order chi connectivity index (χ0) is 50.2. The second-order valence-electron chi connectivity index (χ2n) is 18.6. The summed E-state index contributed by atoms with van der Waals surface area (Å²) in [5.74, 6) is -1.79. The normalized spacial score (nSPS) is 32.9. The van der Waals surface area contributed by atoms with Crippen molar-refractivity contribution < 1.29 is 98.2 Å². The summed E-state index contributed by atoms with van der Waals surface area (Å²) in [4.78, 5) is 35.2. The number of hydrogen-bond donors (Lipinski definition) is 12. The van der Waals surface area contributed by atoms with Crippen molar-refractivity contribution in [1.29, 1.82) is 0 Å². The van der Waals surface area contributed by atoms with Crippen molar-refractivity contribution in [2.24, 2.45) is 11.3 Å². The van der Waals surface area contributed by atoms with Crippen LogP contribution in [0.15, 0.2) is 0 Å². The van der Waals surface area contributed by atoms with Gasteiger partial charge in [0, 0.05) is 78.4 Å². The molecule has 2 aliphatic heterocycles. The summed E-state index contributed by atoms with van der Waals surface area (Å²) in [6.45, 7) is 7.75. The minimum atomic E-state index is -1.40. The first-order valence-corrected chi connectivity index (χ1v) is 24.1. The third-order valence-corrected chi connectivity index (χ3v) is 12.3. The Morgan fingerprint density at radius 2 is 0.838 bits per heavy atom. The zero-order valence-electron chi connectivity index (χ0n) is 40.2. The van der Waals surface area contributed by atoms with Crippen LogP contribution in [0.25, 0.3) is 0 Å². The molecule has 2 saturated heterocycles. The summed E-state index contributed by atoms with van der Waals surface area (Å²) in [5.41, 5.74) is -0.499. The highest BCUT2D eigenvalue weighted by Crippen LogP contribution is 2.29. The molecule has 6 unspecified atom stereocenters. The summed E-state index contributed by atoms with van der Waals surface area (Å²) < 4.78 is 47.2. The molecule has 0 aromatic rings. The lowest BCUT2D eigenvalue weighted by Crippen LogP contribution is -2.64. The van der Waals surface area contributed by atoms with Crippen molar-refractivity contribution >= 4 is 17.7 Å². The van der Waals surface area contributed by atoms with Crippen LogP contribution in [0, 0.1) is 11.3 Å². The van der Waals surface area contributed by atoms with Gasteiger partial charge in [-0.1, -0.05) is 6.92 Å². The lowest BCUT2D eigenvalue weighted by molar-refractivity contribution is -0.270. The molecule has 3 rings (SSSR count). The number of carbonyl (C=O) groups is 3. The van der Waals surface area contributed by atoms with Gasteiger partial charge in [0.05, 0.1) is 51.3 Å². The van der Waals surface area contributed by atoms with E-state index < -0.39 is 122 Å². The first-order chi connectivity index (χ1) is 32.5. The third kappa shape index (κ3) is 20.1. The highest BCUT2D eigenvalue weighted by Gasteiger charge is 2.47. The van der Waals surface area contributed by atoms with E-state index in [0.29, 0.717) is 84.8 Å². The van der Waals surface area contributed by atoms with E-state index in [1.807, 2.05) is 6.92 Å². The number of hydrogen-bond acceptors (Lipinski definition) is 20. The van der Waals surface area contributed by atoms with Crippen LogP contribution in [0.1, 0.15) is 91.9 Å². The summed E-state index contributed by atoms with van der Waals surface area (Å²) >= 11 is 0. The fourth-order valence-corrected chi connectivity index (χ4v) is 8.45. The number of ether oxygens (including phenoxy) is 8. The quantitative estimate of drug-likeness (QED) is 0.0294. The van der Waals surface area contributed by atoms with E-state index in [4.69, 9.17) is 37.9 Å². The van der Waals surface area contributed by atoms with Crippen LogP contribution < -0.4 is 16.0 Å². The Labute approximate surface area is 399 Å². The Morgan fingerprint density at radius 3 is 1.21 bits per heavy atom. The lowest BCUT2D eigenvalue weighted by Gasteiger charge is -2.42. The number of amides is 3.